The standard InChI is InChI=1S/C22H22FNO2.C4H8/c1-4-15-10-19(14(3)25)22(26-12-15)18-7-5-16(9-13(18)2)17-6-8-21(24)20(23)11-17;1-4-2-3-4/h5-9,11-12H,4,10,24H2,1-3H3;4H,2-3H2,1H3. The summed E-state index contributed by atoms with van der Waals surface area (Å²) in [5.41, 5.74) is 11.0. The van der Waals surface area contributed by atoms with Crippen LogP contribution in [-0.4, -0.2) is 5.78 Å². The van der Waals surface area contributed by atoms with Crippen LogP contribution in [0.1, 0.15) is 57.6 Å². The molecule has 4 rings (SSSR count). The fourth-order valence-electron chi connectivity index (χ4n) is 3.25. The lowest BCUT2D eigenvalue weighted by Crippen LogP contribution is -2.09. The molecule has 0 spiro atoms. The van der Waals surface area contributed by atoms with E-state index < -0.39 is 5.82 Å². The van der Waals surface area contributed by atoms with Crippen molar-refractivity contribution in [3.63, 3.8) is 0 Å². The molecule has 0 saturated heterocycles. The molecule has 2 aliphatic rings. The SMILES string of the molecule is CC1CC1.CCC1=COC(c2ccc(-c3ccc(N)c(F)c3)cc2C)=C(C(C)=O)C1. The Hall–Kier alpha value is -2.88. The molecule has 30 heavy (non-hydrogen) atoms. The van der Waals surface area contributed by atoms with Gasteiger partial charge in [-0.3, -0.25) is 4.79 Å². The molecule has 158 valence electrons. The summed E-state index contributed by atoms with van der Waals surface area (Å²) in [6, 6.07) is 10.6. The molecule has 4 heteroatoms. The van der Waals surface area contributed by atoms with Gasteiger partial charge in [0, 0.05) is 17.6 Å². The lowest BCUT2D eigenvalue weighted by Gasteiger charge is -2.21. The third-order valence-corrected chi connectivity index (χ3v) is 5.57. The zero-order valence-electron chi connectivity index (χ0n) is 18.2. The summed E-state index contributed by atoms with van der Waals surface area (Å²) in [5, 5.41) is 0. The number of benzene rings is 2. The van der Waals surface area contributed by atoms with Crippen LogP contribution in [0, 0.1) is 18.7 Å². The van der Waals surface area contributed by atoms with Gasteiger partial charge in [0.15, 0.2) is 5.78 Å². The Labute approximate surface area is 178 Å². The van der Waals surface area contributed by atoms with Gasteiger partial charge in [-0.2, -0.15) is 0 Å². The second-order valence-electron chi connectivity index (χ2n) is 8.24. The Morgan fingerprint density at radius 2 is 1.80 bits per heavy atom. The monoisotopic (exact) mass is 407 g/mol. The largest absolute Gasteiger partial charge is 0.464 e. The number of Topliss-reactive ketones (excluding diaryl/α,β-unsaturated/α-hetero) is 1. The topological polar surface area (TPSA) is 52.3 Å². The minimum Gasteiger partial charge on any atom is -0.464 e. The Bertz CT molecular complexity index is 1020. The molecule has 0 bridgehead atoms. The summed E-state index contributed by atoms with van der Waals surface area (Å²) >= 11 is 0. The van der Waals surface area contributed by atoms with Crippen molar-refractivity contribution < 1.29 is 13.9 Å². The van der Waals surface area contributed by atoms with E-state index >= 15 is 0 Å². The Balaban J connectivity index is 0.000000572. The molecule has 0 amide bonds. The Morgan fingerprint density at radius 3 is 2.33 bits per heavy atom. The number of anilines is 1. The van der Waals surface area contributed by atoms with Crippen LogP contribution in [0.25, 0.3) is 16.9 Å². The van der Waals surface area contributed by atoms with Gasteiger partial charge in [0.25, 0.3) is 0 Å². The number of ketones is 1. The summed E-state index contributed by atoms with van der Waals surface area (Å²) in [7, 11) is 0. The predicted octanol–water partition coefficient (Wildman–Crippen LogP) is 6.81. The maximum Gasteiger partial charge on any atom is 0.159 e. The van der Waals surface area contributed by atoms with Crippen LogP contribution in [0.3, 0.4) is 0 Å². The third kappa shape index (κ3) is 5.18. The van der Waals surface area contributed by atoms with Crippen molar-refractivity contribution in [1.82, 2.24) is 0 Å². The number of halogens is 1. The molecular weight excluding hydrogens is 377 g/mol. The van der Waals surface area contributed by atoms with Crippen LogP contribution >= 0.6 is 0 Å². The molecule has 1 aliphatic heterocycles. The maximum atomic E-state index is 13.7. The van der Waals surface area contributed by atoms with Crippen LogP contribution in [0.15, 0.2) is 53.8 Å². The predicted molar refractivity (Wildman–Crippen MR) is 121 cm³/mol. The summed E-state index contributed by atoms with van der Waals surface area (Å²) in [6.07, 6.45) is 6.18. The molecule has 0 unspecified atom stereocenters. The highest BCUT2D eigenvalue weighted by Crippen LogP contribution is 2.34. The fourth-order valence-corrected chi connectivity index (χ4v) is 3.25. The molecule has 0 radical (unpaired) electrons. The molecule has 2 N–H and O–H groups in total. The third-order valence-electron chi connectivity index (χ3n) is 5.57. The Morgan fingerprint density at radius 1 is 1.17 bits per heavy atom. The zero-order chi connectivity index (χ0) is 21.8. The number of aryl methyl sites for hydroxylation is 1. The second-order valence-corrected chi connectivity index (χ2v) is 8.24. The van der Waals surface area contributed by atoms with Crippen molar-refractivity contribution in [2.24, 2.45) is 5.92 Å². The van der Waals surface area contributed by atoms with Crippen molar-refractivity contribution in [2.75, 3.05) is 5.73 Å². The van der Waals surface area contributed by atoms with Crippen molar-refractivity contribution in [3.8, 4) is 11.1 Å². The van der Waals surface area contributed by atoms with Gasteiger partial charge in [0.2, 0.25) is 0 Å². The second kappa shape index (κ2) is 9.29. The van der Waals surface area contributed by atoms with E-state index in [1.54, 1.807) is 25.3 Å². The summed E-state index contributed by atoms with van der Waals surface area (Å²) in [6.45, 7) is 7.85. The van der Waals surface area contributed by atoms with E-state index in [2.05, 4.69) is 6.92 Å². The molecule has 3 nitrogen and oxygen atoms in total. The minimum atomic E-state index is -0.432. The minimum absolute atomic E-state index is 0.0168. The van der Waals surface area contributed by atoms with Crippen molar-refractivity contribution in [3.05, 3.63) is 70.8 Å². The normalized spacial score (nSPS) is 15.7. The summed E-state index contributed by atoms with van der Waals surface area (Å²) < 4.78 is 19.6. The molecular formula is C26H30FNO2. The molecule has 2 aromatic carbocycles. The van der Waals surface area contributed by atoms with Crippen LogP contribution in [0.5, 0.6) is 0 Å². The summed E-state index contributed by atoms with van der Waals surface area (Å²) in [5.74, 6) is 1.28. The number of hydrogen-bond donors (Lipinski definition) is 1. The molecule has 0 atom stereocenters. The van der Waals surface area contributed by atoms with Crippen LogP contribution < -0.4 is 5.73 Å². The molecule has 1 saturated carbocycles. The quantitative estimate of drug-likeness (QED) is 0.566. The van der Waals surface area contributed by atoms with Gasteiger partial charge in [-0.1, -0.05) is 51.0 Å². The van der Waals surface area contributed by atoms with Crippen molar-refractivity contribution in [2.45, 2.75) is 53.4 Å². The van der Waals surface area contributed by atoms with Gasteiger partial charge in [-0.05, 0) is 60.6 Å². The lowest BCUT2D eigenvalue weighted by atomic mass is 9.92. The van der Waals surface area contributed by atoms with Gasteiger partial charge >= 0.3 is 0 Å². The van der Waals surface area contributed by atoms with Crippen LogP contribution in [-0.2, 0) is 9.53 Å². The van der Waals surface area contributed by atoms with E-state index in [1.807, 2.05) is 32.0 Å². The number of nitrogens with two attached hydrogens (primary N) is 1. The highest BCUT2D eigenvalue weighted by atomic mass is 19.1. The first-order valence-corrected chi connectivity index (χ1v) is 10.5. The smallest absolute Gasteiger partial charge is 0.159 e. The van der Waals surface area contributed by atoms with E-state index in [-0.39, 0.29) is 11.5 Å². The first kappa shape index (κ1) is 21.8. The fraction of sp³-hybridized carbons (Fsp3) is 0.346. The average Bonchev–Trinajstić information content (AvgIpc) is 3.52. The van der Waals surface area contributed by atoms with Gasteiger partial charge in [-0.25, -0.2) is 4.39 Å². The number of allylic oxidation sites excluding steroid dienone is 2. The van der Waals surface area contributed by atoms with Gasteiger partial charge in [-0.15, -0.1) is 0 Å². The number of carbonyl (C=O) groups excluding carboxylic acids is 1. The Kier molecular flexibility index (Phi) is 6.76. The van der Waals surface area contributed by atoms with E-state index in [0.717, 1.165) is 40.2 Å². The number of ether oxygens (including phenoxy) is 1. The number of nitrogen functional groups attached to an aromatic ring is 1. The highest BCUT2D eigenvalue weighted by Gasteiger charge is 2.21. The molecule has 1 aliphatic carbocycles. The first-order chi connectivity index (χ1) is 14.3. The van der Waals surface area contributed by atoms with E-state index in [4.69, 9.17) is 10.5 Å². The van der Waals surface area contributed by atoms with E-state index in [9.17, 15) is 9.18 Å². The summed E-state index contributed by atoms with van der Waals surface area (Å²) in [4.78, 5) is 12.1. The molecule has 1 heterocycles. The average molecular weight is 408 g/mol. The maximum absolute atomic E-state index is 13.7. The first-order valence-electron chi connectivity index (χ1n) is 10.5. The van der Waals surface area contributed by atoms with Gasteiger partial charge in [0.05, 0.1) is 11.9 Å². The lowest BCUT2D eigenvalue weighted by molar-refractivity contribution is -0.113. The molecule has 1 fully saturated rings. The van der Waals surface area contributed by atoms with Crippen LogP contribution in [0.2, 0.25) is 0 Å². The highest BCUT2D eigenvalue weighted by molar-refractivity contribution is 6.01. The van der Waals surface area contributed by atoms with Crippen LogP contribution in [0.4, 0.5) is 10.1 Å². The van der Waals surface area contributed by atoms with Crippen molar-refractivity contribution >= 4 is 17.2 Å². The van der Waals surface area contributed by atoms with E-state index in [1.165, 1.54) is 18.9 Å². The molecule has 2 aromatic rings. The zero-order valence-corrected chi connectivity index (χ0v) is 18.2. The number of hydrogen-bond acceptors (Lipinski definition) is 3. The van der Waals surface area contributed by atoms with E-state index in [0.29, 0.717) is 17.8 Å². The van der Waals surface area contributed by atoms with Gasteiger partial charge in [0.1, 0.15) is 11.6 Å². The number of carbonyl (C=O) groups is 1. The molecule has 0 aromatic heterocycles. The number of rotatable bonds is 4. The van der Waals surface area contributed by atoms with Gasteiger partial charge < -0.3 is 10.5 Å². The van der Waals surface area contributed by atoms with Crippen molar-refractivity contribution in [1.29, 1.82) is 0 Å².